The van der Waals surface area contributed by atoms with E-state index in [1.165, 1.54) is 24.1 Å². The third-order valence-corrected chi connectivity index (χ3v) is 8.26. The highest BCUT2D eigenvalue weighted by Gasteiger charge is 2.34. The van der Waals surface area contributed by atoms with E-state index in [0.29, 0.717) is 24.5 Å². The highest BCUT2D eigenvalue weighted by Crippen LogP contribution is 2.32. The van der Waals surface area contributed by atoms with Gasteiger partial charge in [0.1, 0.15) is 24.1 Å². The van der Waals surface area contributed by atoms with Crippen molar-refractivity contribution in [3.05, 3.63) is 83.9 Å². The minimum Gasteiger partial charge on any atom is -0.497 e. The number of rotatable bonds is 13. The number of sulfonamides is 1. The molecule has 0 fully saturated rings. The monoisotopic (exact) mass is 567 g/mol. The summed E-state index contributed by atoms with van der Waals surface area (Å²) in [4.78, 5) is 28.6. The van der Waals surface area contributed by atoms with E-state index in [-0.39, 0.29) is 23.0 Å². The Morgan fingerprint density at radius 1 is 0.900 bits per heavy atom. The summed E-state index contributed by atoms with van der Waals surface area (Å²) in [6, 6.07) is 19.4. The molecular formula is C30H37N3O6S. The molecule has 0 aliphatic rings. The first-order valence-corrected chi connectivity index (χ1v) is 14.5. The zero-order valence-corrected chi connectivity index (χ0v) is 24.4. The van der Waals surface area contributed by atoms with E-state index in [0.717, 1.165) is 15.4 Å². The van der Waals surface area contributed by atoms with Crippen molar-refractivity contribution in [2.75, 3.05) is 31.6 Å². The van der Waals surface area contributed by atoms with Gasteiger partial charge in [-0.1, -0.05) is 48.9 Å². The lowest BCUT2D eigenvalue weighted by molar-refractivity contribution is -0.140. The SMILES string of the molecule is CCNC(=O)[C@@H](CC)N(Cc1ccc(OC)cc1)C(=O)CN(c1ccccc1OC)S(=O)(=O)c1ccc(C)cc1. The fraction of sp³-hybridized carbons (Fsp3) is 0.333. The van der Waals surface area contributed by atoms with Crippen molar-refractivity contribution in [3.63, 3.8) is 0 Å². The van der Waals surface area contributed by atoms with Crippen molar-refractivity contribution in [1.82, 2.24) is 10.2 Å². The highest BCUT2D eigenvalue weighted by molar-refractivity contribution is 7.92. The molecule has 0 saturated heterocycles. The zero-order chi connectivity index (χ0) is 29.3. The number of carbonyl (C=O) groups excluding carboxylic acids is 2. The predicted molar refractivity (Wildman–Crippen MR) is 155 cm³/mol. The molecule has 3 rings (SSSR count). The smallest absolute Gasteiger partial charge is 0.264 e. The minimum atomic E-state index is -4.19. The number of ether oxygens (including phenoxy) is 2. The molecule has 0 bridgehead atoms. The number of hydrogen-bond donors (Lipinski definition) is 1. The molecule has 3 aromatic rings. The molecule has 2 amide bonds. The van der Waals surface area contributed by atoms with Crippen LogP contribution in [0.5, 0.6) is 11.5 Å². The van der Waals surface area contributed by atoms with Gasteiger partial charge < -0.3 is 19.7 Å². The Hall–Kier alpha value is -4.05. The normalized spacial score (nSPS) is 11.8. The molecular weight excluding hydrogens is 530 g/mol. The molecule has 0 spiro atoms. The Morgan fingerprint density at radius 3 is 2.12 bits per heavy atom. The number of amides is 2. The molecule has 0 saturated carbocycles. The van der Waals surface area contributed by atoms with Crippen LogP contribution in [0.3, 0.4) is 0 Å². The van der Waals surface area contributed by atoms with Crippen LogP contribution in [0.15, 0.2) is 77.7 Å². The van der Waals surface area contributed by atoms with Gasteiger partial charge in [-0.3, -0.25) is 13.9 Å². The summed E-state index contributed by atoms with van der Waals surface area (Å²) in [6.45, 7) is 5.44. The number of methoxy groups -OCH3 is 2. The van der Waals surface area contributed by atoms with Crippen LogP contribution >= 0.6 is 0 Å². The number of nitrogens with zero attached hydrogens (tertiary/aromatic N) is 2. The number of para-hydroxylation sites is 2. The van der Waals surface area contributed by atoms with Crippen LogP contribution < -0.4 is 19.1 Å². The molecule has 10 heteroatoms. The largest absolute Gasteiger partial charge is 0.497 e. The van der Waals surface area contributed by atoms with Crippen molar-refractivity contribution in [2.45, 2.75) is 44.7 Å². The molecule has 3 aromatic carbocycles. The molecule has 9 nitrogen and oxygen atoms in total. The highest BCUT2D eigenvalue weighted by atomic mass is 32.2. The van der Waals surface area contributed by atoms with Crippen LogP contribution in [-0.2, 0) is 26.2 Å². The van der Waals surface area contributed by atoms with Gasteiger partial charge in [0.15, 0.2) is 0 Å². The second-order valence-electron chi connectivity index (χ2n) is 9.18. The third kappa shape index (κ3) is 7.12. The van der Waals surface area contributed by atoms with Crippen LogP contribution in [0, 0.1) is 6.92 Å². The average molecular weight is 568 g/mol. The quantitative estimate of drug-likeness (QED) is 0.333. The number of aryl methyl sites for hydroxylation is 1. The summed E-state index contributed by atoms with van der Waals surface area (Å²) < 4.78 is 39.7. The number of carbonyl (C=O) groups is 2. The first kappa shape index (κ1) is 30.5. The van der Waals surface area contributed by atoms with Crippen LogP contribution in [0.4, 0.5) is 5.69 Å². The predicted octanol–water partition coefficient (Wildman–Crippen LogP) is 4.15. The van der Waals surface area contributed by atoms with Crippen LogP contribution in [0.2, 0.25) is 0 Å². The van der Waals surface area contributed by atoms with Crippen molar-refractivity contribution in [1.29, 1.82) is 0 Å². The van der Waals surface area contributed by atoms with Gasteiger partial charge >= 0.3 is 0 Å². The molecule has 0 aromatic heterocycles. The van der Waals surface area contributed by atoms with Crippen LogP contribution in [0.25, 0.3) is 0 Å². The van der Waals surface area contributed by atoms with Crippen molar-refractivity contribution in [2.24, 2.45) is 0 Å². The Bertz CT molecular complexity index is 1390. The first-order chi connectivity index (χ1) is 19.2. The Kier molecular flexibility index (Phi) is 10.6. The van der Waals surface area contributed by atoms with Crippen molar-refractivity contribution < 1.29 is 27.5 Å². The lowest BCUT2D eigenvalue weighted by Crippen LogP contribution is -2.52. The second kappa shape index (κ2) is 13.8. The summed E-state index contributed by atoms with van der Waals surface area (Å²) in [6.07, 6.45) is 0.340. The second-order valence-corrected chi connectivity index (χ2v) is 11.0. The van der Waals surface area contributed by atoms with E-state index in [9.17, 15) is 18.0 Å². The lowest BCUT2D eigenvalue weighted by Gasteiger charge is -2.33. The maximum atomic E-state index is 14.1. The summed E-state index contributed by atoms with van der Waals surface area (Å²) >= 11 is 0. The van der Waals surface area contributed by atoms with Gasteiger partial charge in [0.2, 0.25) is 11.8 Å². The van der Waals surface area contributed by atoms with E-state index in [1.807, 2.05) is 26.0 Å². The first-order valence-electron chi connectivity index (χ1n) is 13.1. The average Bonchev–Trinajstić information content (AvgIpc) is 2.96. The van der Waals surface area contributed by atoms with Crippen molar-refractivity contribution in [3.8, 4) is 11.5 Å². The van der Waals surface area contributed by atoms with E-state index in [2.05, 4.69) is 5.32 Å². The maximum absolute atomic E-state index is 14.1. The van der Waals surface area contributed by atoms with E-state index in [1.54, 1.807) is 62.6 Å². The number of hydrogen-bond acceptors (Lipinski definition) is 6. The molecule has 214 valence electrons. The molecule has 0 heterocycles. The third-order valence-electron chi connectivity index (χ3n) is 6.49. The number of benzene rings is 3. The van der Waals surface area contributed by atoms with Gasteiger partial charge in [-0.15, -0.1) is 0 Å². The van der Waals surface area contributed by atoms with Gasteiger partial charge in [-0.2, -0.15) is 0 Å². The fourth-order valence-corrected chi connectivity index (χ4v) is 5.75. The molecule has 0 unspecified atom stereocenters. The number of nitrogens with one attached hydrogen (secondary N) is 1. The zero-order valence-electron chi connectivity index (χ0n) is 23.6. The Labute approximate surface area is 236 Å². The molecule has 40 heavy (non-hydrogen) atoms. The van der Waals surface area contributed by atoms with Crippen LogP contribution in [0.1, 0.15) is 31.4 Å². The van der Waals surface area contributed by atoms with Gasteiger partial charge in [0.25, 0.3) is 10.0 Å². The number of likely N-dealkylation sites (N-methyl/N-ethyl adjacent to an activating group) is 1. The van der Waals surface area contributed by atoms with Crippen molar-refractivity contribution >= 4 is 27.5 Å². The number of anilines is 1. The molecule has 0 radical (unpaired) electrons. The van der Waals surface area contributed by atoms with Gasteiger partial charge in [0, 0.05) is 13.1 Å². The van der Waals surface area contributed by atoms with E-state index < -0.39 is 28.5 Å². The summed E-state index contributed by atoms with van der Waals surface area (Å²) in [5.74, 6) is 0.111. The van der Waals surface area contributed by atoms with Gasteiger partial charge in [0.05, 0.1) is 24.8 Å². The molecule has 1 N–H and O–H groups in total. The van der Waals surface area contributed by atoms with Gasteiger partial charge in [-0.25, -0.2) is 8.42 Å². The summed E-state index contributed by atoms with van der Waals surface area (Å²) in [5, 5.41) is 2.80. The topological polar surface area (TPSA) is 105 Å². The van der Waals surface area contributed by atoms with E-state index in [4.69, 9.17) is 9.47 Å². The standard InChI is InChI=1S/C30H37N3O6S/c1-6-26(30(35)31-7-2)32(20-23-14-16-24(38-4)17-15-23)29(34)21-33(27-10-8-9-11-28(27)39-5)40(36,37)25-18-12-22(3)13-19-25/h8-19,26H,6-7,20-21H2,1-5H3,(H,31,35)/t26-/m1/s1. The minimum absolute atomic E-state index is 0.0364. The Morgan fingerprint density at radius 2 is 1.55 bits per heavy atom. The molecule has 1 atom stereocenters. The molecule has 0 aliphatic heterocycles. The Balaban J connectivity index is 2.08. The summed E-state index contributed by atoms with van der Waals surface area (Å²) in [7, 11) is -1.18. The van der Waals surface area contributed by atoms with Gasteiger partial charge in [-0.05, 0) is 62.2 Å². The summed E-state index contributed by atoms with van der Waals surface area (Å²) in [5.41, 5.74) is 1.88. The van der Waals surface area contributed by atoms with E-state index >= 15 is 0 Å². The van der Waals surface area contributed by atoms with Crippen LogP contribution in [-0.4, -0.2) is 58.5 Å². The molecule has 0 aliphatic carbocycles. The lowest BCUT2D eigenvalue weighted by atomic mass is 10.1. The fourth-order valence-electron chi connectivity index (χ4n) is 4.33. The maximum Gasteiger partial charge on any atom is 0.264 e.